The predicted octanol–water partition coefficient (Wildman–Crippen LogP) is 1.06. The summed E-state index contributed by atoms with van der Waals surface area (Å²) in [4.78, 5) is 22.7. The quantitative estimate of drug-likeness (QED) is 0.730. The van der Waals surface area contributed by atoms with Crippen LogP contribution < -0.4 is 10.1 Å². The average Bonchev–Trinajstić information content (AvgIpc) is 2.34. The highest BCUT2D eigenvalue weighted by molar-refractivity contribution is 6.30. The maximum absolute atomic E-state index is 11.8. The van der Waals surface area contributed by atoms with Gasteiger partial charge in [-0.3, -0.25) is 4.79 Å². The van der Waals surface area contributed by atoms with Gasteiger partial charge >= 0.3 is 5.97 Å². The summed E-state index contributed by atoms with van der Waals surface area (Å²) in [6.45, 7) is 2.75. The third kappa shape index (κ3) is 4.71. The SMILES string of the molecule is CC(Oc1cccc(Cl)c1)C(=O)N[C@H](C(=O)O)[C@@H](C)O. The molecule has 0 saturated heterocycles. The van der Waals surface area contributed by atoms with Crippen molar-refractivity contribution in [2.45, 2.75) is 32.1 Å². The Labute approximate surface area is 121 Å². The van der Waals surface area contributed by atoms with Crippen molar-refractivity contribution in [2.24, 2.45) is 0 Å². The van der Waals surface area contributed by atoms with E-state index >= 15 is 0 Å². The highest BCUT2D eigenvalue weighted by atomic mass is 35.5. The van der Waals surface area contributed by atoms with E-state index in [4.69, 9.17) is 21.4 Å². The Morgan fingerprint density at radius 2 is 2.00 bits per heavy atom. The number of aliphatic carboxylic acids is 1. The molecule has 7 heteroatoms. The number of amides is 1. The molecule has 1 aromatic carbocycles. The summed E-state index contributed by atoms with van der Waals surface area (Å²) in [6, 6.07) is 5.10. The number of aliphatic hydroxyl groups excluding tert-OH is 1. The highest BCUT2D eigenvalue weighted by Crippen LogP contribution is 2.18. The first-order valence-corrected chi connectivity index (χ1v) is 6.32. The summed E-state index contributed by atoms with van der Waals surface area (Å²) in [7, 11) is 0. The molecule has 0 saturated carbocycles. The van der Waals surface area contributed by atoms with E-state index in [1.54, 1.807) is 18.2 Å². The molecule has 0 aromatic heterocycles. The van der Waals surface area contributed by atoms with Gasteiger partial charge in [0, 0.05) is 5.02 Å². The lowest BCUT2D eigenvalue weighted by Gasteiger charge is -2.20. The number of halogens is 1. The molecule has 0 aliphatic heterocycles. The van der Waals surface area contributed by atoms with Gasteiger partial charge in [0.15, 0.2) is 12.1 Å². The molecule has 1 aromatic rings. The highest BCUT2D eigenvalue weighted by Gasteiger charge is 2.27. The van der Waals surface area contributed by atoms with Crippen LogP contribution in [0.25, 0.3) is 0 Å². The van der Waals surface area contributed by atoms with E-state index in [9.17, 15) is 14.7 Å². The molecular formula is C13H16ClNO5. The van der Waals surface area contributed by atoms with Crippen molar-refractivity contribution in [3.63, 3.8) is 0 Å². The van der Waals surface area contributed by atoms with Gasteiger partial charge in [-0.1, -0.05) is 17.7 Å². The molecular weight excluding hydrogens is 286 g/mol. The minimum Gasteiger partial charge on any atom is -0.481 e. The number of rotatable bonds is 6. The number of carboxylic acid groups (broad SMARTS) is 1. The number of aliphatic hydroxyl groups is 1. The van der Waals surface area contributed by atoms with Crippen LogP contribution in [0.2, 0.25) is 5.02 Å². The molecule has 0 fully saturated rings. The van der Waals surface area contributed by atoms with Crippen LogP contribution in [0.1, 0.15) is 13.8 Å². The van der Waals surface area contributed by atoms with Crippen LogP contribution in [0.4, 0.5) is 0 Å². The molecule has 0 radical (unpaired) electrons. The molecule has 1 unspecified atom stereocenters. The molecule has 1 rings (SSSR count). The number of benzene rings is 1. The zero-order valence-corrected chi connectivity index (χ0v) is 11.8. The number of carbonyl (C=O) groups is 2. The topological polar surface area (TPSA) is 95.9 Å². The first-order chi connectivity index (χ1) is 9.31. The first-order valence-electron chi connectivity index (χ1n) is 5.94. The number of hydrogen-bond acceptors (Lipinski definition) is 4. The monoisotopic (exact) mass is 301 g/mol. The van der Waals surface area contributed by atoms with Crippen molar-refractivity contribution in [1.82, 2.24) is 5.32 Å². The molecule has 3 N–H and O–H groups in total. The largest absolute Gasteiger partial charge is 0.481 e. The van der Waals surface area contributed by atoms with Crippen molar-refractivity contribution in [1.29, 1.82) is 0 Å². The second-order valence-electron chi connectivity index (χ2n) is 4.28. The van der Waals surface area contributed by atoms with E-state index in [2.05, 4.69) is 5.32 Å². The second kappa shape index (κ2) is 7.12. The molecule has 0 aliphatic rings. The minimum absolute atomic E-state index is 0.393. The van der Waals surface area contributed by atoms with Gasteiger partial charge in [0.1, 0.15) is 5.75 Å². The van der Waals surface area contributed by atoms with E-state index < -0.39 is 30.1 Å². The molecule has 20 heavy (non-hydrogen) atoms. The van der Waals surface area contributed by atoms with Crippen molar-refractivity contribution in [3.05, 3.63) is 29.3 Å². The maximum Gasteiger partial charge on any atom is 0.328 e. The third-order valence-corrected chi connectivity index (χ3v) is 2.76. The van der Waals surface area contributed by atoms with Gasteiger partial charge in [0.25, 0.3) is 5.91 Å². The van der Waals surface area contributed by atoms with Crippen LogP contribution >= 0.6 is 11.6 Å². The number of carboxylic acids is 1. The van der Waals surface area contributed by atoms with Crippen LogP contribution in [0.3, 0.4) is 0 Å². The minimum atomic E-state index is -1.38. The fourth-order valence-electron chi connectivity index (χ4n) is 1.46. The van der Waals surface area contributed by atoms with Crippen molar-refractivity contribution in [2.75, 3.05) is 0 Å². The lowest BCUT2D eigenvalue weighted by Crippen LogP contribution is -2.51. The smallest absolute Gasteiger partial charge is 0.328 e. The fourth-order valence-corrected chi connectivity index (χ4v) is 1.64. The summed E-state index contributed by atoms with van der Waals surface area (Å²) in [6.07, 6.45) is -2.14. The van der Waals surface area contributed by atoms with E-state index in [1.165, 1.54) is 19.9 Å². The Kier molecular flexibility index (Phi) is 5.79. The summed E-state index contributed by atoms with van der Waals surface area (Å²) < 4.78 is 5.35. The molecule has 3 atom stereocenters. The summed E-state index contributed by atoms with van der Waals surface area (Å²) in [5.74, 6) is -1.56. The van der Waals surface area contributed by atoms with E-state index in [0.29, 0.717) is 10.8 Å². The van der Waals surface area contributed by atoms with E-state index in [1.807, 2.05) is 0 Å². The maximum atomic E-state index is 11.8. The molecule has 110 valence electrons. The Hall–Kier alpha value is -1.79. The zero-order valence-electron chi connectivity index (χ0n) is 11.0. The van der Waals surface area contributed by atoms with Crippen LogP contribution in [-0.2, 0) is 9.59 Å². The van der Waals surface area contributed by atoms with E-state index in [-0.39, 0.29) is 0 Å². The van der Waals surface area contributed by atoms with Crippen LogP contribution in [-0.4, -0.2) is 40.3 Å². The summed E-state index contributed by atoms with van der Waals surface area (Å²) >= 11 is 5.78. The van der Waals surface area contributed by atoms with Gasteiger partial charge in [-0.2, -0.15) is 0 Å². The van der Waals surface area contributed by atoms with Gasteiger partial charge in [0.2, 0.25) is 0 Å². The van der Waals surface area contributed by atoms with Gasteiger partial charge in [0.05, 0.1) is 6.10 Å². The molecule has 1 amide bonds. The number of carbonyl (C=O) groups excluding carboxylic acids is 1. The zero-order chi connectivity index (χ0) is 15.3. The van der Waals surface area contributed by atoms with Crippen molar-refractivity contribution < 1.29 is 24.5 Å². The normalized spacial score (nSPS) is 15.0. The molecule has 0 heterocycles. The van der Waals surface area contributed by atoms with Crippen molar-refractivity contribution >= 4 is 23.5 Å². The molecule has 0 bridgehead atoms. The van der Waals surface area contributed by atoms with Crippen LogP contribution in [0, 0.1) is 0 Å². The van der Waals surface area contributed by atoms with Gasteiger partial charge in [-0.05, 0) is 32.0 Å². The number of ether oxygens (including phenoxy) is 1. The Bertz CT molecular complexity index is 491. The summed E-state index contributed by atoms with van der Waals surface area (Å²) in [5, 5.41) is 20.8. The standard InChI is InChI=1S/C13H16ClNO5/c1-7(16)11(13(18)19)15-12(17)8(2)20-10-5-3-4-9(14)6-10/h3-8,11,16H,1-2H3,(H,15,17)(H,18,19)/t7-,8?,11+/m1/s1. The van der Waals surface area contributed by atoms with Gasteiger partial charge in [-0.15, -0.1) is 0 Å². The fraction of sp³-hybridized carbons (Fsp3) is 0.385. The van der Waals surface area contributed by atoms with E-state index in [0.717, 1.165) is 0 Å². The molecule has 0 spiro atoms. The molecule has 6 nitrogen and oxygen atoms in total. The number of hydrogen-bond donors (Lipinski definition) is 3. The van der Waals surface area contributed by atoms with Gasteiger partial charge < -0.3 is 20.3 Å². The predicted molar refractivity (Wildman–Crippen MR) is 72.8 cm³/mol. The van der Waals surface area contributed by atoms with Crippen LogP contribution in [0.15, 0.2) is 24.3 Å². The lowest BCUT2D eigenvalue weighted by molar-refractivity contribution is -0.145. The van der Waals surface area contributed by atoms with Crippen LogP contribution in [0.5, 0.6) is 5.75 Å². The Balaban J connectivity index is 2.65. The Morgan fingerprint density at radius 3 is 2.50 bits per heavy atom. The lowest BCUT2D eigenvalue weighted by atomic mass is 10.2. The van der Waals surface area contributed by atoms with Gasteiger partial charge in [-0.25, -0.2) is 4.79 Å². The first kappa shape index (κ1) is 16.3. The Morgan fingerprint density at radius 1 is 1.35 bits per heavy atom. The average molecular weight is 302 g/mol. The number of nitrogens with one attached hydrogen (secondary N) is 1. The summed E-state index contributed by atoms with van der Waals surface area (Å²) in [5.41, 5.74) is 0. The third-order valence-electron chi connectivity index (χ3n) is 2.52. The molecule has 0 aliphatic carbocycles. The van der Waals surface area contributed by atoms with Crippen molar-refractivity contribution in [3.8, 4) is 5.75 Å². The second-order valence-corrected chi connectivity index (χ2v) is 4.72.